The third-order valence-electron chi connectivity index (χ3n) is 3.48. The third kappa shape index (κ3) is 2.93. The number of rotatable bonds is 4. The number of nitrogens with zero attached hydrogens (tertiary/aromatic N) is 1. The maximum absolute atomic E-state index is 11.7. The molecule has 0 aromatic heterocycles. The van der Waals surface area contributed by atoms with E-state index in [9.17, 15) is 14.7 Å². The number of esters is 1. The molecule has 1 aromatic rings. The van der Waals surface area contributed by atoms with Crippen LogP contribution < -0.4 is 0 Å². The van der Waals surface area contributed by atoms with Crippen molar-refractivity contribution in [3.63, 3.8) is 0 Å². The molecule has 0 radical (unpaired) electrons. The Bertz CT molecular complexity index is 460. The molecule has 1 aromatic carbocycles. The number of ether oxygens (including phenoxy) is 1. The first-order valence-electron chi connectivity index (χ1n) is 6.23. The largest absolute Gasteiger partial charge is 0.480 e. The zero-order chi connectivity index (χ0) is 13.8. The highest BCUT2D eigenvalue weighted by Gasteiger charge is 2.41. The summed E-state index contributed by atoms with van der Waals surface area (Å²) in [5.41, 5.74) is 0.990. The maximum Gasteiger partial charge on any atom is 0.323 e. The highest BCUT2D eigenvalue weighted by Crippen LogP contribution is 2.27. The molecule has 5 heteroatoms. The normalized spacial score (nSPS) is 23.2. The van der Waals surface area contributed by atoms with Crippen molar-refractivity contribution in [1.29, 1.82) is 0 Å². The summed E-state index contributed by atoms with van der Waals surface area (Å²) in [4.78, 5) is 24.7. The molecule has 1 saturated heterocycles. The van der Waals surface area contributed by atoms with Crippen molar-refractivity contribution in [3.05, 3.63) is 35.9 Å². The lowest BCUT2D eigenvalue weighted by atomic mass is 10.2. The van der Waals surface area contributed by atoms with E-state index in [2.05, 4.69) is 0 Å². The third-order valence-corrected chi connectivity index (χ3v) is 3.48. The van der Waals surface area contributed by atoms with Gasteiger partial charge in [0.15, 0.2) is 0 Å². The Morgan fingerprint density at radius 2 is 1.89 bits per heavy atom. The second-order valence-corrected chi connectivity index (χ2v) is 4.63. The molecule has 1 fully saturated rings. The van der Waals surface area contributed by atoms with Gasteiger partial charge in [-0.3, -0.25) is 14.5 Å². The summed E-state index contributed by atoms with van der Waals surface area (Å²) >= 11 is 0. The van der Waals surface area contributed by atoms with Crippen molar-refractivity contribution in [3.8, 4) is 0 Å². The molecule has 5 nitrogen and oxygen atoms in total. The number of benzene rings is 1. The number of methoxy groups -OCH3 is 1. The van der Waals surface area contributed by atoms with Crippen LogP contribution in [0.3, 0.4) is 0 Å². The van der Waals surface area contributed by atoms with Crippen LogP contribution >= 0.6 is 0 Å². The van der Waals surface area contributed by atoms with E-state index < -0.39 is 18.1 Å². The van der Waals surface area contributed by atoms with Crippen molar-refractivity contribution in [1.82, 2.24) is 4.90 Å². The van der Waals surface area contributed by atoms with E-state index in [1.807, 2.05) is 30.3 Å². The van der Waals surface area contributed by atoms with Crippen molar-refractivity contribution in [2.75, 3.05) is 7.11 Å². The molecule has 0 unspecified atom stereocenters. The average molecular weight is 263 g/mol. The van der Waals surface area contributed by atoms with Crippen molar-refractivity contribution >= 4 is 11.9 Å². The first kappa shape index (κ1) is 13.5. The van der Waals surface area contributed by atoms with Crippen LogP contribution in [0.5, 0.6) is 0 Å². The smallest absolute Gasteiger partial charge is 0.323 e. The van der Waals surface area contributed by atoms with Gasteiger partial charge in [-0.15, -0.1) is 0 Å². The number of hydrogen-bond acceptors (Lipinski definition) is 4. The van der Waals surface area contributed by atoms with Gasteiger partial charge >= 0.3 is 11.9 Å². The fourth-order valence-corrected chi connectivity index (χ4v) is 2.53. The topological polar surface area (TPSA) is 66.8 Å². The van der Waals surface area contributed by atoms with Gasteiger partial charge < -0.3 is 9.84 Å². The monoisotopic (exact) mass is 263 g/mol. The summed E-state index contributed by atoms with van der Waals surface area (Å²) in [5.74, 6) is -1.25. The number of hydrogen-bond donors (Lipinski definition) is 1. The fraction of sp³-hybridized carbons (Fsp3) is 0.429. The molecule has 1 aliphatic rings. The molecular weight excluding hydrogens is 246 g/mol. The van der Waals surface area contributed by atoms with E-state index in [1.54, 1.807) is 4.90 Å². The van der Waals surface area contributed by atoms with Crippen molar-refractivity contribution < 1.29 is 19.4 Å². The number of aliphatic carboxylic acids is 1. The van der Waals surface area contributed by atoms with E-state index in [1.165, 1.54) is 7.11 Å². The lowest BCUT2D eigenvalue weighted by Crippen LogP contribution is -2.44. The van der Waals surface area contributed by atoms with E-state index >= 15 is 0 Å². The van der Waals surface area contributed by atoms with E-state index in [0.29, 0.717) is 19.4 Å². The highest BCUT2D eigenvalue weighted by atomic mass is 16.5. The number of carboxylic acid groups (broad SMARTS) is 1. The number of carbonyl (C=O) groups excluding carboxylic acids is 1. The van der Waals surface area contributed by atoms with Gasteiger partial charge in [-0.2, -0.15) is 0 Å². The first-order chi connectivity index (χ1) is 9.13. The van der Waals surface area contributed by atoms with Gasteiger partial charge in [-0.05, 0) is 18.4 Å². The highest BCUT2D eigenvalue weighted by molar-refractivity contribution is 5.80. The van der Waals surface area contributed by atoms with E-state index in [-0.39, 0.29) is 5.97 Å². The lowest BCUT2D eigenvalue weighted by Gasteiger charge is -2.26. The minimum Gasteiger partial charge on any atom is -0.480 e. The van der Waals surface area contributed by atoms with Crippen LogP contribution in [0.25, 0.3) is 0 Å². The Morgan fingerprint density at radius 1 is 1.26 bits per heavy atom. The Balaban J connectivity index is 2.19. The molecule has 2 rings (SSSR count). The summed E-state index contributed by atoms with van der Waals surface area (Å²) < 4.78 is 4.76. The predicted molar refractivity (Wildman–Crippen MR) is 68.4 cm³/mol. The maximum atomic E-state index is 11.7. The Morgan fingerprint density at radius 3 is 2.47 bits per heavy atom. The molecule has 1 aliphatic heterocycles. The number of likely N-dealkylation sites (tertiary alicyclic amines) is 1. The summed E-state index contributed by atoms with van der Waals surface area (Å²) in [6.07, 6.45) is 0.998. The summed E-state index contributed by atoms with van der Waals surface area (Å²) in [6, 6.07) is 8.45. The summed E-state index contributed by atoms with van der Waals surface area (Å²) in [7, 11) is 1.33. The van der Waals surface area contributed by atoms with Crippen molar-refractivity contribution in [2.24, 2.45) is 0 Å². The molecule has 19 heavy (non-hydrogen) atoms. The van der Waals surface area contributed by atoms with E-state index in [4.69, 9.17) is 4.74 Å². The van der Waals surface area contributed by atoms with Gasteiger partial charge in [0, 0.05) is 6.54 Å². The molecule has 1 heterocycles. The molecule has 0 saturated carbocycles. The molecule has 0 amide bonds. The Labute approximate surface area is 111 Å². The van der Waals surface area contributed by atoms with Gasteiger partial charge in [0.05, 0.1) is 7.11 Å². The van der Waals surface area contributed by atoms with Crippen LogP contribution in [0.1, 0.15) is 18.4 Å². The van der Waals surface area contributed by atoms with Crippen LogP contribution in [-0.4, -0.2) is 41.1 Å². The Hall–Kier alpha value is -1.88. The fourth-order valence-electron chi connectivity index (χ4n) is 2.53. The van der Waals surface area contributed by atoms with Gasteiger partial charge in [0.25, 0.3) is 0 Å². The van der Waals surface area contributed by atoms with Gasteiger partial charge in [0.1, 0.15) is 12.1 Å². The molecule has 102 valence electrons. The zero-order valence-corrected chi connectivity index (χ0v) is 10.8. The SMILES string of the molecule is COC(=O)[C@H]1CC[C@H](C(=O)O)N1Cc1ccccc1. The molecule has 0 bridgehead atoms. The Kier molecular flexibility index (Phi) is 4.16. The van der Waals surface area contributed by atoms with Crippen molar-refractivity contribution in [2.45, 2.75) is 31.5 Å². The second kappa shape index (κ2) is 5.84. The molecule has 1 N–H and O–H groups in total. The summed E-state index contributed by atoms with van der Waals surface area (Å²) in [6.45, 7) is 0.442. The lowest BCUT2D eigenvalue weighted by molar-refractivity contribution is -0.149. The minimum absolute atomic E-state index is 0.361. The van der Waals surface area contributed by atoms with Gasteiger partial charge in [-0.1, -0.05) is 30.3 Å². The molecular formula is C14H17NO4. The van der Waals surface area contributed by atoms with Gasteiger partial charge in [0.2, 0.25) is 0 Å². The first-order valence-corrected chi connectivity index (χ1v) is 6.23. The average Bonchev–Trinajstić information content (AvgIpc) is 2.83. The molecule has 2 atom stereocenters. The van der Waals surface area contributed by atoms with Crippen LogP contribution in [0.4, 0.5) is 0 Å². The second-order valence-electron chi connectivity index (χ2n) is 4.63. The van der Waals surface area contributed by atoms with Crippen LogP contribution in [0, 0.1) is 0 Å². The van der Waals surface area contributed by atoms with Crippen LogP contribution in [0.2, 0.25) is 0 Å². The van der Waals surface area contributed by atoms with E-state index in [0.717, 1.165) is 5.56 Å². The van der Waals surface area contributed by atoms with Crippen LogP contribution in [-0.2, 0) is 20.9 Å². The van der Waals surface area contributed by atoms with Crippen LogP contribution in [0.15, 0.2) is 30.3 Å². The quantitative estimate of drug-likeness (QED) is 0.829. The molecule has 0 spiro atoms. The minimum atomic E-state index is -0.887. The summed E-state index contributed by atoms with van der Waals surface area (Å²) in [5, 5.41) is 9.24. The number of carboxylic acids is 1. The number of carbonyl (C=O) groups is 2. The van der Waals surface area contributed by atoms with Gasteiger partial charge in [-0.25, -0.2) is 0 Å². The standard InChI is InChI=1S/C14H17NO4/c1-19-14(18)12-8-7-11(13(16)17)15(12)9-10-5-3-2-4-6-10/h2-6,11-12H,7-9H2,1H3,(H,16,17)/t11-,12-/m1/s1. The molecule has 0 aliphatic carbocycles. The zero-order valence-electron chi connectivity index (χ0n) is 10.8. The predicted octanol–water partition coefficient (Wildman–Crippen LogP) is 1.28.